The van der Waals surface area contributed by atoms with Gasteiger partial charge in [0.2, 0.25) is 5.88 Å². The molecule has 0 N–H and O–H groups in total. The Hall–Kier alpha value is -2.64. The number of nitriles is 1. The Balaban J connectivity index is 2.20. The molecule has 1 heterocycles. The van der Waals surface area contributed by atoms with Crippen molar-refractivity contribution in [2.75, 3.05) is 6.61 Å². The molecule has 25 heavy (non-hydrogen) atoms. The molecule has 0 atom stereocenters. The predicted molar refractivity (Wildman–Crippen MR) is 103 cm³/mol. The number of hydrogen-bond acceptors (Lipinski definition) is 3. The molecule has 0 saturated heterocycles. The van der Waals surface area contributed by atoms with Crippen LogP contribution in [0.1, 0.15) is 18.9 Å². The summed E-state index contributed by atoms with van der Waals surface area (Å²) in [6.45, 7) is 2.56. The zero-order valence-corrected chi connectivity index (χ0v) is 15.5. The first-order chi connectivity index (χ1) is 12.2. The Morgan fingerprint density at radius 3 is 2.40 bits per heavy atom. The van der Waals surface area contributed by atoms with Gasteiger partial charge in [0, 0.05) is 15.6 Å². The van der Waals surface area contributed by atoms with Gasteiger partial charge in [-0.15, -0.1) is 0 Å². The van der Waals surface area contributed by atoms with Gasteiger partial charge in [-0.05, 0) is 30.2 Å². The van der Waals surface area contributed by atoms with Crippen molar-refractivity contribution in [3.63, 3.8) is 0 Å². The van der Waals surface area contributed by atoms with Gasteiger partial charge >= 0.3 is 0 Å². The first-order valence-electron chi connectivity index (χ1n) is 8.12. The van der Waals surface area contributed by atoms with Gasteiger partial charge in [0.25, 0.3) is 0 Å². The molecule has 0 fully saturated rings. The lowest BCUT2D eigenvalue weighted by atomic mass is 9.99. The molecule has 0 bridgehead atoms. The summed E-state index contributed by atoms with van der Waals surface area (Å²) in [7, 11) is 0. The van der Waals surface area contributed by atoms with Crippen molar-refractivity contribution in [1.82, 2.24) is 4.98 Å². The third-order valence-electron chi connectivity index (χ3n) is 3.77. The largest absolute Gasteiger partial charge is 0.477 e. The third kappa shape index (κ3) is 3.89. The quantitative estimate of drug-likeness (QED) is 0.547. The van der Waals surface area contributed by atoms with Crippen molar-refractivity contribution in [2.45, 2.75) is 13.3 Å². The van der Waals surface area contributed by atoms with Gasteiger partial charge in [-0.1, -0.05) is 65.3 Å². The smallest absolute Gasteiger partial charge is 0.232 e. The Bertz CT molecular complexity index is 900. The molecule has 0 radical (unpaired) electrons. The molecule has 0 saturated carbocycles. The fraction of sp³-hybridized carbons (Fsp3) is 0.143. The minimum Gasteiger partial charge on any atom is -0.477 e. The van der Waals surface area contributed by atoms with Crippen molar-refractivity contribution in [2.24, 2.45) is 0 Å². The lowest BCUT2D eigenvalue weighted by Crippen LogP contribution is -2.02. The SMILES string of the molecule is CCCOc1nc(-c2ccc(Br)cc2)cc(-c2ccccc2)c1C#N. The topological polar surface area (TPSA) is 45.9 Å². The molecule has 4 heteroatoms. The predicted octanol–water partition coefficient (Wildman–Crippen LogP) is 5.84. The van der Waals surface area contributed by atoms with Gasteiger partial charge < -0.3 is 4.74 Å². The molecule has 2 aromatic carbocycles. The highest BCUT2D eigenvalue weighted by atomic mass is 79.9. The van der Waals surface area contributed by atoms with E-state index in [0.29, 0.717) is 18.1 Å². The summed E-state index contributed by atoms with van der Waals surface area (Å²) in [5.41, 5.74) is 4.05. The Morgan fingerprint density at radius 2 is 1.76 bits per heavy atom. The summed E-state index contributed by atoms with van der Waals surface area (Å²) in [5.74, 6) is 0.392. The van der Waals surface area contributed by atoms with Crippen LogP contribution in [0.3, 0.4) is 0 Å². The van der Waals surface area contributed by atoms with Crippen LogP contribution >= 0.6 is 15.9 Å². The van der Waals surface area contributed by atoms with E-state index < -0.39 is 0 Å². The summed E-state index contributed by atoms with van der Waals surface area (Å²) in [5, 5.41) is 9.68. The van der Waals surface area contributed by atoms with Crippen LogP contribution in [0.5, 0.6) is 5.88 Å². The van der Waals surface area contributed by atoms with Gasteiger partial charge in [-0.25, -0.2) is 4.98 Å². The number of rotatable bonds is 5. The van der Waals surface area contributed by atoms with Crippen LogP contribution < -0.4 is 4.74 Å². The standard InChI is InChI=1S/C21H17BrN2O/c1-2-12-25-21-19(14-23)18(15-6-4-3-5-7-15)13-20(24-21)16-8-10-17(22)11-9-16/h3-11,13H,2,12H2,1H3. The number of halogens is 1. The first kappa shape index (κ1) is 17.2. The van der Waals surface area contributed by atoms with Crippen LogP contribution in [0.15, 0.2) is 65.1 Å². The highest BCUT2D eigenvalue weighted by molar-refractivity contribution is 9.10. The Morgan fingerprint density at radius 1 is 1.04 bits per heavy atom. The van der Waals surface area contributed by atoms with Crippen LogP contribution in [0.25, 0.3) is 22.4 Å². The molecular weight excluding hydrogens is 376 g/mol. The van der Waals surface area contributed by atoms with Crippen LogP contribution in [0.4, 0.5) is 0 Å². The van der Waals surface area contributed by atoms with Gasteiger partial charge in [0.1, 0.15) is 11.6 Å². The van der Waals surface area contributed by atoms with E-state index in [1.165, 1.54) is 0 Å². The first-order valence-corrected chi connectivity index (χ1v) is 8.91. The summed E-state index contributed by atoms with van der Waals surface area (Å²) in [6.07, 6.45) is 0.857. The van der Waals surface area contributed by atoms with Crippen LogP contribution in [-0.4, -0.2) is 11.6 Å². The lowest BCUT2D eigenvalue weighted by molar-refractivity contribution is 0.305. The van der Waals surface area contributed by atoms with E-state index in [4.69, 9.17) is 4.74 Å². The maximum Gasteiger partial charge on any atom is 0.232 e. The number of aromatic nitrogens is 1. The Labute approximate surface area is 156 Å². The van der Waals surface area contributed by atoms with Gasteiger partial charge in [0.05, 0.1) is 12.3 Å². The van der Waals surface area contributed by atoms with Crippen LogP contribution in [0, 0.1) is 11.3 Å². The molecule has 124 valence electrons. The molecule has 3 aromatic rings. The minimum atomic E-state index is 0.392. The fourth-order valence-corrected chi connectivity index (χ4v) is 2.81. The minimum absolute atomic E-state index is 0.392. The maximum absolute atomic E-state index is 9.68. The lowest BCUT2D eigenvalue weighted by Gasteiger charge is -2.13. The second-order valence-electron chi connectivity index (χ2n) is 5.57. The molecule has 1 aromatic heterocycles. The third-order valence-corrected chi connectivity index (χ3v) is 4.29. The van der Waals surface area contributed by atoms with Crippen molar-refractivity contribution in [3.8, 4) is 34.3 Å². The van der Waals surface area contributed by atoms with E-state index in [1.807, 2.05) is 67.6 Å². The van der Waals surface area contributed by atoms with Crippen molar-refractivity contribution in [3.05, 3.63) is 70.7 Å². The average molecular weight is 393 g/mol. The molecule has 3 nitrogen and oxygen atoms in total. The normalized spacial score (nSPS) is 10.3. The monoisotopic (exact) mass is 392 g/mol. The second-order valence-corrected chi connectivity index (χ2v) is 6.48. The highest BCUT2D eigenvalue weighted by Crippen LogP contribution is 2.33. The number of pyridine rings is 1. The second kappa shape index (κ2) is 7.96. The van der Waals surface area contributed by atoms with E-state index in [1.54, 1.807) is 0 Å². The van der Waals surface area contributed by atoms with Crippen LogP contribution in [0.2, 0.25) is 0 Å². The fourth-order valence-electron chi connectivity index (χ4n) is 2.55. The van der Waals surface area contributed by atoms with Crippen molar-refractivity contribution >= 4 is 15.9 Å². The summed E-state index contributed by atoms with van der Waals surface area (Å²) >= 11 is 3.45. The van der Waals surface area contributed by atoms with Gasteiger partial charge in [-0.2, -0.15) is 5.26 Å². The van der Waals surface area contributed by atoms with Crippen molar-refractivity contribution in [1.29, 1.82) is 5.26 Å². The van der Waals surface area contributed by atoms with E-state index in [9.17, 15) is 5.26 Å². The molecule has 0 aliphatic rings. The molecule has 0 unspecified atom stereocenters. The molecule has 3 rings (SSSR count). The van der Waals surface area contributed by atoms with Gasteiger partial charge in [0.15, 0.2) is 0 Å². The van der Waals surface area contributed by atoms with Crippen LogP contribution in [-0.2, 0) is 0 Å². The zero-order chi connectivity index (χ0) is 17.6. The number of benzene rings is 2. The molecule has 0 spiro atoms. The summed E-state index contributed by atoms with van der Waals surface area (Å²) in [4.78, 5) is 4.61. The molecule has 0 amide bonds. The number of nitrogens with zero attached hydrogens (tertiary/aromatic N) is 2. The maximum atomic E-state index is 9.68. The summed E-state index contributed by atoms with van der Waals surface area (Å²) < 4.78 is 6.79. The zero-order valence-electron chi connectivity index (χ0n) is 13.9. The average Bonchev–Trinajstić information content (AvgIpc) is 2.67. The van der Waals surface area contributed by atoms with E-state index in [0.717, 1.165) is 33.3 Å². The van der Waals surface area contributed by atoms with E-state index in [-0.39, 0.29) is 0 Å². The highest BCUT2D eigenvalue weighted by Gasteiger charge is 2.16. The molecule has 0 aliphatic heterocycles. The summed E-state index contributed by atoms with van der Waals surface area (Å²) in [6, 6.07) is 22.0. The van der Waals surface area contributed by atoms with Crippen molar-refractivity contribution < 1.29 is 4.74 Å². The molecule has 0 aliphatic carbocycles. The number of hydrogen-bond donors (Lipinski definition) is 0. The molecular formula is C21H17BrN2O. The number of ether oxygens (including phenoxy) is 1. The van der Waals surface area contributed by atoms with E-state index >= 15 is 0 Å². The van der Waals surface area contributed by atoms with Gasteiger partial charge in [-0.3, -0.25) is 0 Å². The van der Waals surface area contributed by atoms with E-state index in [2.05, 4.69) is 27.0 Å². The Kier molecular flexibility index (Phi) is 5.47.